The number of benzene rings is 2. The van der Waals surface area contributed by atoms with Crippen molar-refractivity contribution in [1.82, 2.24) is 5.32 Å². The van der Waals surface area contributed by atoms with Crippen molar-refractivity contribution in [2.45, 2.75) is 18.3 Å². The number of carbonyl (C=O) groups is 2. The fraction of sp³-hybridized carbons (Fsp3) is 0.167. The Morgan fingerprint density at radius 2 is 1.96 bits per heavy atom. The molecule has 0 spiro atoms. The maximum absolute atomic E-state index is 12.3. The standard InChI is InChI=1S/C18H18N4O5S/c1-11(28(25,26)27)12-6-4-7-14(9-12)20-18(24)22-16-17(23)21-15-8-3-2-5-13(15)10-19-16/h2-11,16H,1H3,(H,21,23)(H2,20,22,24)(H,25,26,27). The van der Waals surface area contributed by atoms with Gasteiger partial charge in [0.1, 0.15) is 5.25 Å². The number of hydrogen-bond donors (Lipinski definition) is 4. The molecule has 0 saturated carbocycles. The summed E-state index contributed by atoms with van der Waals surface area (Å²) in [5.41, 5.74) is 1.91. The third-order valence-corrected chi connectivity index (χ3v) is 5.32. The highest BCUT2D eigenvalue weighted by atomic mass is 32.2. The average molecular weight is 402 g/mol. The van der Waals surface area contributed by atoms with Gasteiger partial charge in [-0.3, -0.25) is 14.3 Å². The first kappa shape index (κ1) is 19.5. The van der Waals surface area contributed by atoms with Crippen molar-refractivity contribution in [2.75, 3.05) is 10.6 Å². The zero-order valence-corrected chi connectivity index (χ0v) is 15.6. The van der Waals surface area contributed by atoms with E-state index >= 15 is 0 Å². The Morgan fingerprint density at radius 3 is 2.71 bits per heavy atom. The van der Waals surface area contributed by atoms with E-state index in [0.717, 1.165) is 0 Å². The molecule has 2 unspecified atom stereocenters. The molecule has 0 bridgehead atoms. The van der Waals surface area contributed by atoms with Gasteiger partial charge in [0, 0.05) is 23.2 Å². The van der Waals surface area contributed by atoms with Crippen molar-refractivity contribution >= 4 is 39.6 Å². The van der Waals surface area contributed by atoms with Crippen molar-refractivity contribution in [3.8, 4) is 0 Å². The summed E-state index contributed by atoms with van der Waals surface area (Å²) in [7, 11) is -4.26. The first-order valence-corrected chi connectivity index (χ1v) is 9.81. The Bertz CT molecular complexity index is 1050. The monoisotopic (exact) mass is 402 g/mol. The van der Waals surface area contributed by atoms with Gasteiger partial charge in [0.25, 0.3) is 16.0 Å². The Morgan fingerprint density at radius 1 is 1.21 bits per heavy atom. The van der Waals surface area contributed by atoms with Gasteiger partial charge in [0.15, 0.2) is 0 Å². The average Bonchev–Trinajstić information content (AvgIpc) is 2.79. The molecule has 0 saturated heterocycles. The maximum Gasteiger partial charge on any atom is 0.321 e. The van der Waals surface area contributed by atoms with E-state index in [4.69, 9.17) is 0 Å². The number of amides is 3. The van der Waals surface area contributed by atoms with Gasteiger partial charge < -0.3 is 16.0 Å². The summed E-state index contributed by atoms with van der Waals surface area (Å²) < 4.78 is 31.7. The summed E-state index contributed by atoms with van der Waals surface area (Å²) in [6, 6.07) is 12.4. The Kier molecular flexibility index (Phi) is 5.43. The fourth-order valence-corrected chi connectivity index (χ4v) is 3.07. The van der Waals surface area contributed by atoms with Crippen LogP contribution in [0.2, 0.25) is 0 Å². The van der Waals surface area contributed by atoms with Crippen LogP contribution in [0.4, 0.5) is 16.2 Å². The molecule has 0 radical (unpaired) electrons. The molecule has 3 rings (SSSR count). The lowest BCUT2D eigenvalue weighted by atomic mass is 10.1. The zero-order chi connectivity index (χ0) is 20.3. The third kappa shape index (κ3) is 4.53. The summed E-state index contributed by atoms with van der Waals surface area (Å²) in [6.07, 6.45) is 0.361. The molecule has 0 aliphatic carbocycles. The topological polar surface area (TPSA) is 137 Å². The van der Waals surface area contributed by atoms with Gasteiger partial charge in [-0.15, -0.1) is 0 Å². The highest BCUT2D eigenvalue weighted by Gasteiger charge is 2.23. The van der Waals surface area contributed by atoms with Crippen molar-refractivity contribution < 1.29 is 22.6 Å². The quantitative estimate of drug-likeness (QED) is 0.581. The molecule has 0 aromatic heterocycles. The first-order chi connectivity index (χ1) is 13.2. The van der Waals surface area contributed by atoms with E-state index in [1.807, 2.05) is 0 Å². The highest BCUT2D eigenvalue weighted by Crippen LogP contribution is 2.23. The number of benzodiazepines with no additional fused rings is 1. The van der Waals surface area contributed by atoms with Crippen molar-refractivity contribution in [2.24, 2.45) is 4.99 Å². The van der Waals surface area contributed by atoms with Crippen LogP contribution in [-0.4, -0.2) is 37.3 Å². The first-order valence-electron chi connectivity index (χ1n) is 8.31. The SMILES string of the molecule is CC(c1cccc(NC(=O)NC2N=Cc3ccccc3NC2=O)c1)S(=O)(=O)O. The van der Waals surface area contributed by atoms with E-state index in [1.165, 1.54) is 25.3 Å². The molecule has 10 heteroatoms. The van der Waals surface area contributed by atoms with Gasteiger partial charge in [-0.25, -0.2) is 4.79 Å². The molecular formula is C18H18N4O5S. The molecule has 9 nitrogen and oxygen atoms in total. The lowest BCUT2D eigenvalue weighted by Crippen LogP contribution is -2.44. The normalized spacial score (nSPS) is 17.1. The molecule has 1 aliphatic rings. The minimum absolute atomic E-state index is 0.298. The number of fused-ring (bicyclic) bond motifs is 1. The van der Waals surface area contributed by atoms with E-state index in [0.29, 0.717) is 22.5 Å². The summed E-state index contributed by atoms with van der Waals surface area (Å²) in [6.45, 7) is 1.33. The fourth-order valence-electron chi connectivity index (χ4n) is 2.58. The molecule has 1 aliphatic heterocycles. The predicted octanol–water partition coefficient (Wildman–Crippen LogP) is 2.15. The molecule has 2 aromatic rings. The van der Waals surface area contributed by atoms with Crippen LogP contribution in [0.25, 0.3) is 0 Å². The van der Waals surface area contributed by atoms with Gasteiger partial charge >= 0.3 is 6.03 Å². The Hall–Kier alpha value is -3.24. The van der Waals surface area contributed by atoms with Crippen LogP contribution in [0.5, 0.6) is 0 Å². The largest absolute Gasteiger partial charge is 0.322 e. The number of aliphatic imine (C=N–C) groups is 1. The van der Waals surface area contributed by atoms with Crippen LogP contribution in [0, 0.1) is 0 Å². The Balaban J connectivity index is 1.69. The number of carbonyl (C=O) groups excluding carboxylic acids is 2. The lowest BCUT2D eigenvalue weighted by molar-refractivity contribution is -0.117. The molecule has 3 amide bonds. The summed E-state index contributed by atoms with van der Waals surface area (Å²) in [5.74, 6) is -0.495. The van der Waals surface area contributed by atoms with Crippen molar-refractivity contribution in [3.63, 3.8) is 0 Å². The van der Waals surface area contributed by atoms with Gasteiger partial charge in [-0.1, -0.05) is 30.3 Å². The van der Waals surface area contributed by atoms with Gasteiger partial charge in [0.05, 0.1) is 0 Å². The smallest absolute Gasteiger partial charge is 0.321 e. The van der Waals surface area contributed by atoms with Gasteiger partial charge in [-0.05, 0) is 30.7 Å². The maximum atomic E-state index is 12.3. The van der Waals surface area contributed by atoms with Crippen LogP contribution in [0.15, 0.2) is 53.5 Å². The molecule has 2 atom stereocenters. The van der Waals surface area contributed by atoms with E-state index < -0.39 is 33.5 Å². The van der Waals surface area contributed by atoms with Crippen LogP contribution >= 0.6 is 0 Å². The number of nitrogens with zero attached hydrogens (tertiary/aromatic N) is 1. The second-order valence-electron chi connectivity index (χ2n) is 6.14. The molecule has 0 fully saturated rings. The second kappa shape index (κ2) is 7.79. The van der Waals surface area contributed by atoms with E-state index in [2.05, 4.69) is 20.9 Å². The van der Waals surface area contributed by atoms with Gasteiger partial charge in [0.2, 0.25) is 6.17 Å². The Labute approximate surface area is 161 Å². The van der Waals surface area contributed by atoms with Crippen LogP contribution in [0.3, 0.4) is 0 Å². The number of nitrogens with one attached hydrogen (secondary N) is 3. The van der Waals surface area contributed by atoms with Crippen LogP contribution < -0.4 is 16.0 Å². The number of urea groups is 1. The van der Waals surface area contributed by atoms with Crippen LogP contribution in [0.1, 0.15) is 23.3 Å². The highest BCUT2D eigenvalue weighted by molar-refractivity contribution is 7.86. The minimum Gasteiger partial charge on any atom is -0.322 e. The van der Waals surface area contributed by atoms with Crippen molar-refractivity contribution in [3.05, 3.63) is 59.7 Å². The lowest BCUT2D eigenvalue weighted by Gasteiger charge is -2.15. The van der Waals surface area contributed by atoms with Crippen molar-refractivity contribution in [1.29, 1.82) is 0 Å². The predicted molar refractivity (Wildman–Crippen MR) is 105 cm³/mol. The molecule has 28 heavy (non-hydrogen) atoms. The van der Waals surface area contributed by atoms with E-state index in [1.54, 1.807) is 36.4 Å². The minimum atomic E-state index is -4.26. The summed E-state index contributed by atoms with van der Waals surface area (Å²) in [5, 5.41) is 6.50. The molecule has 1 heterocycles. The van der Waals surface area contributed by atoms with E-state index in [9.17, 15) is 22.6 Å². The molecular weight excluding hydrogens is 384 g/mol. The number of para-hydroxylation sites is 1. The number of hydrogen-bond acceptors (Lipinski definition) is 5. The number of anilines is 2. The third-order valence-electron chi connectivity index (χ3n) is 4.16. The van der Waals surface area contributed by atoms with E-state index in [-0.39, 0.29) is 0 Å². The molecule has 2 aromatic carbocycles. The summed E-state index contributed by atoms with van der Waals surface area (Å²) in [4.78, 5) is 28.6. The molecule has 146 valence electrons. The summed E-state index contributed by atoms with van der Waals surface area (Å²) >= 11 is 0. The zero-order valence-electron chi connectivity index (χ0n) is 14.8. The second-order valence-corrected chi connectivity index (χ2v) is 7.88. The molecule has 4 N–H and O–H groups in total. The van der Waals surface area contributed by atoms with Gasteiger partial charge in [-0.2, -0.15) is 8.42 Å². The number of rotatable bonds is 4. The van der Waals surface area contributed by atoms with Crippen LogP contribution in [-0.2, 0) is 14.9 Å².